The first-order valence-electron chi connectivity index (χ1n) is 4.86. The van der Waals surface area contributed by atoms with Gasteiger partial charge < -0.3 is 0 Å². The maximum Gasteiger partial charge on any atom is 0.0875 e. The number of nitrogens with zero attached hydrogens (tertiary/aromatic N) is 6. The highest BCUT2D eigenvalue weighted by Crippen LogP contribution is 2.19. The molecule has 0 aliphatic rings. The van der Waals surface area contributed by atoms with Gasteiger partial charge in [-0.25, -0.2) is 0 Å². The summed E-state index contributed by atoms with van der Waals surface area (Å²) in [4.78, 5) is 0. The average molecular weight is 220 g/mol. The predicted octanol–water partition coefficient (Wildman–Crippen LogP) is 2.81. The van der Waals surface area contributed by atoms with Crippen molar-refractivity contribution in [1.82, 2.24) is 10.0 Å². The van der Waals surface area contributed by atoms with Crippen LogP contribution in [0.5, 0.6) is 0 Å². The third kappa shape index (κ3) is 4.50. The highest BCUT2D eigenvalue weighted by molar-refractivity contribution is 5.46. The van der Waals surface area contributed by atoms with Gasteiger partial charge in [0.15, 0.2) is 0 Å². The monoisotopic (exact) mass is 220 g/mol. The van der Waals surface area contributed by atoms with Crippen LogP contribution in [-0.4, -0.2) is 38.2 Å². The van der Waals surface area contributed by atoms with Crippen molar-refractivity contribution in [3.05, 3.63) is 24.3 Å². The van der Waals surface area contributed by atoms with Crippen molar-refractivity contribution in [2.75, 3.05) is 28.2 Å². The lowest BCUT2D eigenvalue weighted by Crippen LogP contribution is -1.99. The summed E-state index contributed by atoms with van der Waals surface area (Å²) in [6.07, 6.45) is 0. The Balaban J connectivity index is 2.68. The number of benzene rings is 1. The molecule has 0 aliphatic heterocycles. The molecule has 0 saturated heterocycles. The first-order valence-corrected chi connectivity index (χ1v) is 4.86. The first kappa shape index (κ1) is 12.1. The lowest BCUT2D eigenvalue weighted by atomic mass is 10.3. The van der Waals surface area contributed by atoms with Crippen LogP contribution in [0.15, 0.2) is 44.9 Å². The summed E-state index contributed by atoms with van der Waals surface area (Å²) < 4.78 is 0. The number of hydrogen-bond donors (Lipinski definition) is 0. The van der Waals surface area contributed by atoms with Gasteiger partial charge in [0.2, 0.25) is 0 Å². The SMILES string of the molecule is CN(C)/N=N/c1ccc(/N=N/N(C)C)cc1. The van der Waals surface area contributed by atoms with E-state index in [1.165, 1.54) is 0 Å². The normalized spacial score (nSPS) is 11.2. The minimum absolute atomic E-state index is 0.789. The molecule has 6 heteroatoms. The summed E-state index contributed by atoms with van der Waals surface area (Å²) in [5, 5.41) is 19.1. The van der Waals surface area contributed by atoms with Crippen molar-refractivity contribution in [1.29, 1.82) is 0 Å². The molecule has 1 rings (SSSR count). The molecule has 0 bridgehead atoms. The Bertz CT molecular complexity index is 328. The zero-order valence-corrected chi connectivity index (χ0v) is 9.99. The largest absolute Gasteiger partial charge is 0.285 e. The summed E-state index contributed by atoms with van der Waals surface area (Å²) in [5.41, 5.74) is 1.58. The van der Waals surface area contributed by atoms with Crippen LogP contribution in [0, 0.1) is 0 Å². The van der Waals surface area contributed by atoms with Crippen LogP contribution in [0.4, 0.5) is 11.4 Å². The molecule has 86 valence electrons. The molecular weight excluding hydrogens is 204 g/mol. The molecular formula is C10H16N6. The maximum absolute atomic E-state index is 4.01. The summed E-state index contributed by atoms with van der Waals surface area (Å²) in [6.45, 7) is 0. The van der Waals surface area contributed by atoms with Crippen molar-refractivity contribution in [3.63, 3.8) is 0 Å². The molecule has 0 spiro atoms. The number of rotatable bonds is 4. The van der Waals surface area contributed by atoms with Gasteiger partial charge in [-0.3, -0.25) is 10.0 Å². The molecule has 1 aromatic rings. The molecule has 1 aromatic carbocycles. The number of hydrogen-bond acceptors (Lipinski definition) is 4. The second-order valence-electron chi connectivity index (χ2n) is 3.59. The van der Waals surface area contributed by atoms with Crippen LogP contribution in [0.2, 0.25) is 0 Å². The van der Waals surface area contributed by atoms with E-state index in [4.69, 9.17) is 0 Å². The molecule has 0 atom stereocenters. The van der Waals surface area contributed by atoms with E-state index in [0.29, 0.717) is 0 Å². The standard InChI is InChI=1S/C10H16N6/c1-15(2)13-11-9-5-7-10(8-6-9)12-14-16(3)4/h5-8H,1-4H3/b13-11+,14-12+. The van der Waals surface area contributed by atoms with E-state index in [9.17, 15) is 0 Å². The van der Waals surface area contributed by atoms with E-state index in [1.54, 1.807) is 10.0 Å². The van der Waals surface area contributed by atoms with Gasteiger partial charge in [-0.2, -0.15) is 0 Å². The molecule has 0 aliphatic carbocycles. The summed E-state index contributed by atoms with van der Waals surface area (Å²) in [7, 11) is 7.29. The van der Waals surface area contributed by atoms with Crippen LogP contribution in [0.25, 0.3) is 0 Å². The fourth-order valence-electron chi connectivity index (χ4n) is 0.868. The Morgan fingerprint density at radius 3 is 1.25 bits per heavy atom. The molecule has 6 nitrogen and oxygen atoms in total. The fraction of sp³-hybridized carbons (Fsp3) is 0.400. The van der Waals surface area contributed by atoms with Crippen molar-refractivity contribution in [3.8, 4) is 0 Å². The highest BCUT2D eigenvalue weighted by Gasteiger charge is 1.92. The van der Waals surface area contributed by atoms with Crippen molar-refractivity contribution in [2.24, 2.45) is 20.7 Å². The third-order valence-electron chi connectivity index (χ3n) is 1.53. The summed E-state index contributed by atoms with van der Waals surface area (Å²) in [5.74, 6) is 0. The summed E-state index contributed by atoms with van der Waals surface area (Å²) in [6, 6.07) is 7.38. The molecule has 16 heavy (non-hydrogen) atoms. The quantitative estimate of drug-likeness (QED) is 0.578. The first-order chi connectivity index (χ1) is 7.58. The lowest BCUT2D eigenvalue weighted by Gasteiger charge is -2.01. The van der Waals surface area contributed by atoms with Crippen LogP contribution in [-0.2, 0) is 0 Å². The predicted molar refractivity (Wildman–Crippen MR) is 62.8 cm³/mol. The van der Waals surface area contributed by atoms with E-state index in [2.05, 4.69) is 20.7 Å². The van der Waals surface area contributed by atoms with Gasteiger partial charge >= 0.3 is 0 Å². The van der Waals surface area contributed by atoms with Gasteiger partial charge in [0.05, 0.1) is 11.4 Å². The van der Waals surface area contributed by atoms with Gasteiger partial charge in [0, 0.05) is 28.2 Å². The van der Waals surface area contributed by atoms with Gasteiger partial charge in [0.25, 0.3) is 0 Å². The second kappa shape index (κ2) is 5.79. The van der Waals surface area contributed by atoms with Gasteiger partial charge in [-0.05, 0) is 24.3 Å². The van der Waals surface area contributed by atoms with Crippen LogP contribution < -0.4 is 0 Å². The highest BCUT2D eigenvalue weighted by atomic mass is 15.5. The summed E-state index contributed by atoms with van der Waals surface area (Å²) >= 11 is 0. The Hall–Kier alpha value is -1.98. The van der Waals surface area contributed by atoms with Gasteiger partial charge in [-0.15, -0.1) is 10.2 Å². The second-order valence-corrected chi connectivity index (χ2v) is 3.59. The van der Waals surface area contributed by atoms with E-state index >= 15 is 0 Å². The van der Waals surface area contributed by atoms with E-state index in [0.717, 1.165) is 11.4 Å². The molecule has 0 unspecified atom stereocenters. The average Bonchev–Trinajstić information content (AvgIpc) is 2.25. The smallest absolute Gasteiger partial charge is 0.0875 e. The Kier molecular flexibility index (Phi) is 4.38. The fourth-order valence-corrected chi connectivity index (χ4v) is 0.868. The third-order valence-corrected chi connectivity index (χ3v) is 1.53. The Labute approximate surface area is 95.2 Å². The molecule has 0 aromatic heterocycles. The van der Waals surface area contributed by atoms with Gasteiger partial charge in [-0.1, -0.05) is 10.4 Å². The molecule has 0 radical (unpaired) electrons. The molecule has 0 amide bonds. The molecule has 0 fully saturated rings. The minimum atomic E-state index is 0.789. The van der Waals surface area contributed by atoms with Crippen molar-refractivity contribution >= 4 is 11.4 Å². The minimum Gasteiger partial charge on any atom is -0.285 e. The van der Waals surface area contributed by atoms with E-state index in [-0.39, 0.29) is 0 Å². The van der Waals surface area contributed by atoms with Crippen LogP contribution in [0.1, 0.15) is 0 Å². The van der Waals surface area contributed by atoms with Crippen LogP contribution in [0.3, 0.4) is 0 Å². The topological polar surface area (TPSA) is 55.9 Å². The van der Waals surface area contributed by atoms with Crippen molar-refractivity contribution in [2.45, 2.75) is 0 Å². The van der Waals surface area contributed by atoms with Gasteiger partial charge in [0.1, 0.15) is 0 Å². The molecule has 0 N–H and O–H groups in total. The Morgan fingerprint density at radius 1 is 0.688 bits per heavy atom. The lowest BCUT2D eigenvalue weighted by molar-refractivity contribution is 0.408. The maximum atomic E-state index is 4.01. The zero-order chi connectivity index (χ0) is 12.0. The zero-order valence-electron chi connectivity index (χ0n) is 9.99. The molecule has 0 heterocycles. The van der Waals surface area contributed by atoms with E-state index < -0.39 is 0 Å². The van der Waals surface area contributed by atoms with Crippen molar-refractivity contribution < 1.29 is 0 Å². The van der Waals surface area contributed by atoms with Crippen LogP contribution >= 0.6 is 0 Å². The van der Waals surface area contributed by atoms with E-state index in [1.807, 2.05) is 52.5 Å². The Morgan fingerprint density at radius 2 is 1.00 bits per heavy atom. The molecule has 0 saturated carbocycles.